The lowest BCUT2D eigenvalue weighted by atomic mass is 10.1. The van der Waals surface area contributed by atoms with Gasteiger partial charge in [-0.25, -0.2) is 4.39 Å². The minimum atomic E-state index is -0.570. The number of amides is 1. The van der Waals surface area contributed by atoms with Crippen LogP contribution in [0.1, 0.15) is 18.1 Å². The molecular weight excluding hydrogens is 263 g/mol. The van der Waals surface area contributed by atoms with Gasteiger partial charge in [0.25, 0.3) is 0 Å². The van der Waals surface area contributed by atoms with Gasteiger partial charge in [0.2, 0.25) is 5.91 Å². The maximum absolute atomic E-state index is 14.1. The number of hydrogen-bond donors (Lipinski definition) is 3. The molecule has 110 valence electrons. The molecule has 1 rings (SSSR count). The molecule has 1 aromatic carbocycles. The van der Waals surface area contributed by atoms with E-state index in [2.05, 4.69) is 10.5 Å². The first-order valence-electron chi connectivity index (χ1n) is 6.08. The second kappa shape index (κ2) is 6.85. The molecule has 0 aliphatic rings. The molecular formula is C13H19FN4O2. The van der Waals surface area contributed by atoms with Crippen molar-refractivity contribution >= 4 is 11.7 Å². The molecule has 0 aliphatic heterocycles. The summed E-state index contributed by atoms with van der Waals surface area (Å²) >= 11 is 0. The summed E-state index contributed by atoms with van der Waals surface area (Å²) in [5.41, 5.74) is 5.75. The lowest BCUT2D eigenvalue weighted by molar-refractivity contribution is -0.130. The zero-order valence-corrected chi connectivity index (χ0v) is 11.7. The van der Waals surface area contributed by atoms with Crippen LogP contribution in [0.15, 0.2) is 23.4 Å². The Morgan fingerprint density at radius 2 is 2.20 bits per heavy atom. The highest BCUT2D eigenvalue weighted by atomic mass is 19.1. The van der Waals surface area contributed by atoms with Crippen molar-refractivity contribution in [3.63, 3.8) is 0 Å². The molecule has 0 saturated heterocycles. The average molecular weight is 282 g/mol. The number of carbonyl (C=O) groups excluding carboxylic acids is 1. The molecule has 0 spiro atoms. The number of nitrogens with two attached hydrogens (primary N) is 1. The van der Waals surface area contributed by atoms with Gasteiger partial charge in [-0.05, 0) is 13.0 Å². The summed E-state index contributed by atoms with van der Waals surface area (Å²) in [4.78, 5) is 13.1. The van der Waals surface area contributed by atoms with Gasteiger partial charge in [-0.15, -0.1) is 0 Å². The topological polar surface area (TPSA) is 91.0 Å². The number of nitrogens with zero attached hydrogens (tertiary/aromatic N) is 2. The largest absolute Gasteiger partial charge is 0.409 e. The van der Waals surface area contributed by atoms with Crippen molar-refractivity contribution in [2.24, 2.45) is 10.9 Å². The highest BCUT2D eigenvalue weighted by Crippen LogP contribution is 2.13. The van der Waals surface area contributed by atoms with Crippen LogP contribution in [0.3, 0.4) is 0 Å². The molecule has 1 aromatic rings. The van der Waals surface area contributed by atoms with Crippen molar-refractivity contribution in [3.05, 3.63) is 35.1 Å². The fourth-order valence-corrected chi connectivity index (χ4v) is 1.71. The van der Waals surface area contributed by atoms with Crippen LogP contribution in [-0.2, 0) is 11.3 Å². The SMILES string of the molecule is CC(NCc1cccc(/C(N)=N/O)c1F)C(=O)N(C)C. The van der Waals surface area contributed by atoms with Crippen LogP contribution in [0.25, 0.3) is 0 Å². The molecule has 1 atom stereocenters. The van der Waals surface area contributed by atoms with Gasteiger partial charge >= 0.3 is 0 Å². The molecule has 4 N–H and O–H groups in total. The summed E-state index contributed by atoms with van der Waals surface area (Å²) in [5, 5.41) is 14.3. The van der Waals surface area contributed by atoms with E-state index in [9.17, 15) is 9.18 Å². The minimum Gasteiger partial charge on any atom is -0.409 e. The Balaban J connectivity index is 2.82. The lowest BCUT2D eigenvalue weighted by Gasteiger charge is -2.18. The Hall–Kier alpha value is -2.15. The number of amidine groups is 1. The molecule has 0 bridgehead atoms. The van der Waals surface area contributed by atoms with Crippen LogP contribution in [0, 0.1) is 5.82 Å². The predicted octanol–water partition coefficient (Wildman–Crippen LogP) is 0.487. The summed E-state index contributed by atoms with van der Waals surface area (Å²) in [6.45, 7) is 1.87. The zero-order valence-electron chi connectivity index (χ0n) is 11.7. The summed E-state index contributed by atoms with van der Waals surface area (Å²) < 4.78 is 14.1. The van der Waals surface area contributed by atoms with Crippen molar-refractivity contribution in [2.75, 3.05) is 14.1 Å². The van der Waals surface area contributed by atoms with E-state index in [0.29, 0.717) is 5.56 Å². The zero-order chi connectivity index (χ0) is 15.3. The van der Waals surface area contributed by atoms with Gasteiger partial charge < -0.3 is 21.2 Å². The van der Waals surface area contributed by atoms with Crippen LogP contribution in [0.5, 0.6) is 0 Å². The lowest BCUT2D eigenvalue weighted by Crippen LogP contribution is -2.41. The van der Waals surface area contributed by atoms with Crippen LogP contribution in [0.4, 0.5) is 4.39 Å². The maximum atomic E-state index is 14.1. The summed E-state index contributed by atoms with van der Waals surface area (Å²) in [6.07, 6.45) is 0. The summed E-state index contributed by atoms with van der Waals surface area (Å²) in [7, 11) is 3.31. The quantitative estimate of drug-likeness (QED) is 0.317. The van der Waals surface area contributed by atoms with E-state index in [0.717, 1.165) is 0 Å². The van der Waals surface area contributed by atoms with E-state index in [1.165, 1.54) is 11.0 Å². The molecule has 1 unspecified atom stereocenters. The Bertz CT molecular complexity index is 517. The fraction of sp³-hybridized carbons (Fsp3) is 0.385. The van der Waals surface area contributed by atoms with E-state index in [4.69, 9.17) is 10.9 Å². The van der Waals surface area contributed by atoms with E-state index < -0.39 is 11.9 Å². The van der Waals surface area contributed by atoms with Crippen LogP contribution < -0.4 is 11.1 Å². The van der Waals surface area contributed by atoms with Gasteiger partial charge in [-0.3, -0.25) is 4.79 Å². The number of nitrogens with one attached hydrogen (secondary N) is 1. The highest BCUT2D eigenvalue weighted by Gasteiger charge is 2.16. The molecule has 0 saturated carbocycles. The fourth-order valence-electron chi connectivity index (χ4n) is 1.71. The number of oxime groups is 1. The Labute approximate surface area is 117 Å². The van der Waals surface area contributed by atoms with E-state index in [1.807, 2.05) is 0 Å². The van der Waals surface area contributed by atoms with Crippen molar-refractivity contribution in [1.82, 2.24) is 10.2 Å². The molecule has 0 radical (unpaired) electrons. The summed E-state index contributed by atoms with van der Waals surface area (Å²) in [5.74, 6) is -0.959. The second-order valence-electron chi connectivity index (χ2n) is 4.60. The van der Waals surface area contributed by atoms with Gasteiger partial charge in [-0.2, -0.15) is 0 Å². The van der Waals surface area contributed by atoms with Crippen LogP contribution in [-0.4, -0.2) is 42.0 Å². The Kier molecular flexibility index (Phi) is 5.45. The van der Waals surface area contributed by atoms with Crippen molar-refractivity contribution in [2.45, 2.75) is 19.5 Å². The number of halogens is 1. The number of carbonyl (C=O) groups is 1. The van der Waals surface area contributed by atoms with Gasteiger partial charge in [-0.1, -0.05) is 17.3 Å². The maximum Gasteiger partial charge on any atom is 0.238 e. The molecule has 7 heteroatoms. The molecule has 1 amide bonds. The smallest absolute Gasteiger partial charge is 0.238 e. The minimum absolute atomic E-state index is 0.0263. The number of rotatable bonds is 5. The first-order valence-corrected chi connectivity index (χ1v) is 6.08. The molecule has 20 heavy (non-hydrogen) atoms. The molecule has 6 nitrogen and oxygen atoms in total. The monoisotopic (exact) mass is 282 g/mol. The first kappa shape index (κ1) is 15.9. The Morgan fingerprint density at radius 1 is 1.55 bits per heavy atom. The van der Waals surface area contributed by atoms with Crippen molar-refractivity contribution in [1.29, 1.82) is 0 Å². The number of benzene rings is 1. The van der Waals surface area contributed by atoms with Gasteiger partial charge in [0.05, 0.1) is 11.6 Å². The third-order valence-electron chi connectivity index (χ3n) is 2.87. The molecule has 0 fully saturated rings. The van der Waals surface area contributed by atoms with E-state index in [1.54, 1.807) is 33.2 Å². The average Bonchev–Trinajstić information content (AvgIpc) is 2.44. The highest BCUT2D eigenvalue weighted by molar-refractivity contribution is 5.97. The number of likely N-dealkylation sites (N-methyl/N-ethyl adjacent to an activating group) is 1. The first-order chi connectivity index (χ1) is 9.38. The third-order valence-corrected chi connectivity index (χ3v) is 2.87. The predicted molar refractivity (Wildman–Crippen MR) is 73.9 cm³/mol. The van der Waals surface area contributed by atoms with Crippen molar-refractivity contribution in [3.8, 4) is 0 Å². The molecule has 0 aliphatic carbocycles. The van der Waals surface area contributed by atoms with Gasteiger partial charge in [0.15, 0.2) is 5.84 Å². The van der Waals surface area contributed by atoms with E-state index in [-0.39, 0.29) is 23.9 Å². The van der Waals surface area contributed by atoms with Crippen LogP contribution in [0.2, 0.25) is 0 Å². The number of hydrogen-bond acceptors (Lipinski definition) is 4. The third kappa shape index (κ3) is 3.67. The van der Waals surface area contributed by atoms with Crippen molar-refractivity contribution < 1.29 is 14.4 Å². The molecule has 0 heterocycles. The second-order valence-corrected chi connectivity index (χ2v) is 4.60. The van der Waals surface area contributed by atoms with E-state index >= 15 is 0 Å². The molecule has 0 aromatic heterocycles. The van der Waals surface area contributed by atoms with Gasteiger partial charge in [0, 0.05) is 26.2 Å². The normalized spacial score (nSPS) is 13.1. The summed E-state index contributed by atoms with van der Waals surface area (Å²) in [6, 6.07) is 4.16. The Morgan fingerprint density at radius 3 is 2.75 bits per heavy atom. The van der Waals surface area contributed by atoms with Crippen LogP contribution >= 0.6 is 0 Å². The van der Waals surface area contributed by atoms with Gasteiger partial charge in [0.1, 0.15) is 5.82 Å². The standard InChI is InChI=1S/C13H19FN4O2/c1-8(13(19)18(2)3)16-7-9-5-4-6-10(11(9)14)12(15)17-20/h4-6,8,16,20H,7H2,1-3H3,(H2,15,17).